The zero-order valence-electron chi connectivity index (χ0n) is 19.5. The minimum Gasteiger partial charge on any atom is -0.398 e. The third kappa shape index (κ3) is 5.30. The van der Waals surface area contributed by atoms with Crippen LogP contribution in [0.3, 0.4) is 0 Å². The summed E-state index contributed by atoms with van der Waals surface area (Å²) in [5.41, 5.74) is 9.75. The quantitative estimate of drug-likeness (QED) is 0.364. The molecule has 0 aliphatic carbocycles. The largest absolute Gasteiger partial charge is 0.398 e. The van der Waals surface area contributed by atoms with Crippen LogP contribution in [-0.4, -0.2) is 40.4 Å². The summed E-state index contributed by atoms with van der Waals surface area (Å²) in [4.78, 5) is 5.43. The summed E-state index contributed by atoms with van der Waals surface area (Å²) in [6.45, 7) is 3.51. The molecule has 0 spiro atoms. The number of hydrogen-bond acceptors (Lipinski definition) is 7. The normalized spacial score (nSPS) is 23.8. The van der Waals surface area contributed by atoms with Gasteiger partial charge in [0.05, 0.1) is 24.5 Å². The van der Waals surface area contributed by atoms with E-state index in [1.807, 2.05) is 47.4 Å². The van der Waals surface area contributed by atoms with Crippen molar-refractivity contribution in [2.75, 3.05) is 18.9 Å². The number of hydrogen-bond donors (Lipinski definition) is 2. The lowest BCUT2D eigenvalue weighted by atomic mass is 9.98. The van der Waals surface area contributed by atoms with Crippen molar-refractivity contribution in [2.45, 2.75) is 68.3 Å². The molecule has 2 aromatic heterocycles. The Kier molecular flexibility index (Phi) is 7.20. The number of ether oxygens (including phenoxy) is 3. The maximum Gasteiger partial charge on any atom is 0.157 e. The Hall–Kier alpha value is -2.39. The topological polar surface area (TPSA) is 84.4 Å². The van der Waals surface area contributed by atoms with E-state index in [4.69, 9.17) is 25.0 Å². The number of nitrogen functional groups attached to an aromatic ring is 1. The number of rotatable bonds is 7. The maximum absolute atomic E-state index is 6.23. The number of nitrogens with two attached hydrogens (primary N) is 1. The second kappa shape index (κ2) is 10.5. The van der Waals surface area contributed by atoms with Gasteiger partial charge in [0, 0.05) is 35.5 Å². The van der Waals surface area contributed by atoms with Crippen molar-refractivity contribution in [1.29, 1.82) is 0 Å². The van der Waals surface area contributed by atoms with Crippen LogP contribution in [0.5, 0.6) is 0 Å². The van der Waals surface area contributed by atoms with E-state index in [1.165, 1.54) is 6.42 Å². The Morgan fingerprint density at radius 1 is 1.18 bits per heavy atom. The van der Waals surface area contributed by atoms with Crippen molar-refractivity contribution in [2.24, 2.45) is 0 Å². The molecule has 180 valence electrons. The van der Waals surface area contributed by atoms with Crippen molar-refractivity contribution in [3.8, 4) is 5.82 Å². The van der Waals surface area contributed by atoms with Crippen LogP contribution in [0.1, 0.15) is 67.9 Å². The fraction of sp³-hybridized carbons (Fsp3) is 0.462. The molecule has 4 unspecified atom stereocenters. The first-order valence-corrected chi connectivity index (χ1v) is 12.5. The zero-order valence-corrected chi connectivity index (χ0v) is 20.4. The molecule has 34 heavy (non-hydrogen) atoms. The molecule has 2 fully saturated rings. The first-order chi connectivity index (χ1) is 16.6. The summed E-state index contributed by atoms with van der Waals surface area (Å²) in [6.07, 6.45) is 9.16. The smallest absolute Gasteiger partial charge is 0.157 e. The van der Waals surface area contributed by atoms with Crippen LogP contribution in [0.2, 0.25) is 0 Å². The molecule has 2 aliphatic rings. The molecule has 4 heterocycles. The SMILES string of the molecule is CC(c1ccc(N)c(S)c1)c1ccn(-c2ccc(C3CCC(COC4CCCCO4)O3)cn2)n1. The van der Waals surface area contributed by atoms with Crippen LogP contribution in [0.25, 0.3) is 5.82 Å². The van der Waals surface area contributed by atoms with E-state index >= 15 is 0 Å². The van der Waals surface area contributed by atoms with Gasteiger partial charge in [0.25, 0.3) is 0 Å². The average molecular weight is 481 g/mol. The lowest BCUT2D eigenvalue weighted by Gasteiger charge is -2.24. The highest BCUT2D eigenvalue weighted by atomic mass is 32.1. The van der Waals surface area contributed by atoms with E-state index in [-0.39, 0.29) is 24.4 Å². The molecule has 0 radical (unpaired) electrons. The van der Waals surface area contributed by atoms with E-state index in [0.717, 1.165) is 59.8 Å². The summed E-state index contributed by atoms with van der Waals surface area (Å²) >= 11 is 4.44. The highest BCUT2D eigenvalue weighted by Gasteiger charge is 2.28. The van der Waals surface area contributed by atoms with Crippen LogP contribution in [-0.2, 0) is 14.2 Å². The first-order valence-electron chi connectivity index (χ1n) is 12.1. The highest BCUT2D eigenvalue weighted by Crippen LogP contribution is 2.33. The summed E-state index contributed by atoms with van der Waals surface area (Å²) in [6, 6.07) is 12.0. The van der Waals surface area contributed by atoms with Crippen LogP contribution in [0.15, 0.2) is 53.7 Å². The van der Waals surface area contributed by atoms with Gasteiger partial charge in [-0.15, -0.1) is 12.6 Å². The highest BCUT2D eigenvalue weighted by molar-refractivity contribution is 7.80. The minimum absolute atomic E-state index is 0.0524. The molecule has 2 N–H and O–H groups in total. The van der Waals surface area contributed by atoms with Crippen LogP contribution >= 0.6 is 12.6 Å². The standard InChI is InChI=1S/C26H32N4O3S/c1-17(18-5-8-21(27)24(34)14-18)22-11-12-30(29-22)25-10-6-19(15-28-25)23-9-7-20(33-23)16-32-26-4-2-3-13-31-26/h5-6,8,10-12,14-15,17,20,23,26,34H,2-4,7,9,13,16,27H2,1H3. The van der Waals surface area contributed by atoms with E-state index in [1.54, 1.807) is 0 Å². The number of pyridine rings is 1. The van der Waals surface area contributed by atoms with Gasteiger partial charge >= 0.3 is 0 Å². The Morgan fingerprint density at radius 3 is 2.85 bits per heavy atom. The number of aromatic nitrogens is 3. The van der Waals surface area contributed by atoms with Gasteiger partial charge in [-0.3, -0.25) is 0 Å². The Balaban J connectivity index is 1.18. The van der Waals surface area contributed by atoms with Crippen molar-refractivity contribution in [3.63, 3.8) is 0 Å². The van der Waals surface area contributed by atoms with Crippen molar-refractivity contribution in [3.05, 3.63) is 65.6 Å². The van der Waals surface area contributed by atoms with Gasteiger partial charge in [0.1, 0.15) is 0 Å². The van der Waals surface area contributed by atoms with Crippen LogP contribution in [0.4, 0.5) is 5.69 Å². The molecule has 0 bridgehead atoms. The van der Waals surface area contributed by atoms with Gasteiger partial charge in [-0.25, -0.2) is 9.67 Å². The molecule has 2 aliphatic heterocycles. The number of thiol groups is 1. The Bertz CT molecular complexity index is 1100. The monoisotopic (exact) mass is 480 g/mol. The second-order valence-corrected chi connectivity index (χ2v) is 9.61. The third-order valence-electron chi connectivity index (χ3n) is 6.70. The fourth-order valence-corrected chi connectivity index (χ4v) is 4.78. The summed E-state index contributed by atoms with van der Waals surface area (Å²) in [5, 5.41) is 4.76. The molecular formula is C26H32N4O3S. The fourth-order valence-electron chi connectivity index (χ4n) is 4.55. The zero-order chi connectivity index (χ0) is 23.5. The molecule has 0 amide bonds. The Labute approximate surface area is 206 Å². The molecule has 4 atom stereocenters. The Morgan fingerprint density at radius 2 is 2.09 bits per heavy atom. The summed E-state index contributed by atoms with van der Waals surface area (Å²) in [5.74, 6) is 0.902. The molecular weight excluding hydrogens is 448 g/mol. The van der Waals surface area contributed by atoms with Crippen LogP contribution in [0, 0.1) is 0 Å². The molecule has 7 nitrogen and oxygen atoms in total. The van der Waals surface area contributed by atoms with Gasteiger partial charge in [0.15, 0.2) is 12.1 Å². The van der Waals surface area contributed by atoms with Gasteiger partial charge in [0.2, 0.25) is 0 Å². The lowest BCUT2D eigenvalue weighted by molar-refractivity contribution is -0.178. The average Bonchev–Trinajstić information content (AvgIpc) is 3.55. The van der Waals surface area contributed by atoms with E-state index in [0.29, 0.717) is 12.3 Å². The summed E-state index contributed by atoms with van der Waals surface area (Å²) in [7, 11) is 0. The predicted octanol–water partition coefficient (Wildman–Crippen LogP) is 5.05. The minimum atomic E-state index is -0.0704. The van der Waals surface area contributed by atoms with Crippen molar-refractivity contribution >= 4 is 18.3 Å². The summed E-state index contributed by atoms with van der Waals surface area (Å²) < 4.78 is 19.6. The molecule has 3 aromatic rings. The molecule has 0 saturated carbocycles. The van der Waals surface area contributed by atoms with Crippen LogP contribution < -0.4 is 5.73 Å². The third-order valence-corrected chi connectivity index (χ3v) is 7.09. The van der Waals surface area contributed by atoms with Gasteiger partial charge in [-0.2, -0.15) is 5.10 Å². The van der Waals surface area contributed by atoms with Gasteiger partial charge < -0.3 is 19.9 Å². The lowest BCUT2D eigenvalue weighted by Crippen LogP contribution is -2.26. The number of anilines is 1. The molecule has 2 saturated heterocycles. The van der Waals surface area contributed by atoms with E-state index < -0.39 is 0 Å². The molecule has 5 rings (SSSR count). The number of nitrogens with zero attached hydrogens (tertiary/aromatic N) is 3. The molecule has 1 aromatic carbocycles. The second-order valence-electron chi connectivity index (χ2n) is 9.13. The first kappa shape index (κ1) is 23.4. The van der Waals surface area contributed by atoms with Gasteiger partial charge in [-0.1, -0.05) is 19.1 Å². The van der Waals surface area contributed by atoms with E-state index in [2.05, 4.69) is 30.6 Å². The predicted molar refractivity (Wildman–Crippen MR) is 133 cm³/mol. The van der Waals surface area contributed by atoms with Gasteiger partial charge in [-0.05, 0) is 67.5 Å². The maximum atomic E-state index is 6.23. The number of benzene rings is 1. The van der Waals surface area contributed by atoms with Crippen molar-refractivity contribution < 1.29 is 14.2 Å². The molecule has 8 heteroatoms. The van der Waals surface area contributed by atoms with E-state index in [9.17, 15) is 0 Å². The van der Waals surface area contributed by atoms with Crippen molar-refractivity contribution in [1.82, 2.24) is 14.8 Å².